The normalized spacial score (nSPS) is 19.7. The maximum Gasteiger partial charge on any atom is 0.404 e. The fourth-order valence-corrected chi connectivity index (χ4v) is 5.67. The van der Waals surface area contributed by atoms with E-state index in [1.807, 2.05) is 51.1 Å². The Bertz CT molecular complexity index is 1320. The van der Waals surface area contributed by atoms with Gasteiger partial charge in [-0.15, -0.1) is 0 Å². The van der Waals surface area contributed by atoms with Crippen LogP contribution in [-0.4, -0.2) is 52.4 Å². The number of carboxylic acid groups (broad SMARTS) is 1. The molecule has 4 amide bonds. The first-order valence-electron chi connectivity index (χ1n) is 14.2. The fraction of sp³-hybridized carbons (Fsp3) is 0.484. The van der Waals surface area contributed by atoms with Gasteiger partial charge in [-0.2, -0.15) is 0 Å². The third-order valence-electron chi connectivity index (χ3n) is 8.04. The van der Waals surface area contributed by atoms with Gasteiger partial charge >= 0.3 is 6.09 Å². The summed E-state index contributed by atoms with van der Waals surface area (Å²) in [6.07, 6.45) is 1.85. The van der Waals surface area contributed by atoms with Crippen molar-refractivity contribution in [3.63, 3.8) is 0 Å². The number of rotatable bonds is 7. The first-order valence-corrected chi connectivity index (χ1v) is 14.2. The lowest BCUT2D eigenvalue weighted by Gasteiger charge is -2.41. The third-order valence-corrected chi connectivity index (χ3v) is 8.04. The number of nitrogens with one attached hydrogen (secondary N) is 3. The van der Waals surface area contributed by atoms with Gasteiger partial charge < -0.3 is 31.7 Å². The van der Waals surface area contributed by atoms with Gasteiger partial charge in [0.25, 0.3) is 0 Å². The van der Waals surface area contributed by atoms with Crippen LogP contribution in [0.1, 0.15) is 68.8 Å². The van der Waals surface area contributed by atoms with Crippen molar-refractivity contribution in [2.75, 3.05) is 12.3 Å². The van der Waals surface area contributed by atoms with Crippen molar-refractivity contribution in [2.24, 2.45) is 11.3 Å². The number of aryl methyl sites for hydroxylation is 1. The van der Waals surface area contributed by atoms with Crippen LogP contribution in [0.3, 0.4) is 0 Å². The summed E-state index contributed by atoms with van der Waals surface area (Å²) in [6.45, 7) is 7.22. The molecular weight excluding hydrogens is 522 g/mol. The smallest absolute Gasteiger partial charge is 0.404 e. The van der Waals surface area contributed by atoms with Crippen molar-refractivity contribution in [1.82, 2.24) is 20.9 Å². The number of carbonyl (C=O) groups excluding carboxylic acids is 3. The van der Waals surface area contributed by atoms with E-state index in [2.05, 4.69) is 22.0 Å². The van der Waals surface area contributed by atoms with E-state index in [-0.39, 0.29) is 30.9 Å². The van der Waals surface area contributed by atoms with Crippen molar-refractivity contribution in [3.05, 3.63) is 64.7 Å². The molecule has 4 atom stereocenters. The molecule has 41 heavy (non-hydrogen) atoms. The molecule has 0 aromatic heterocycles. The molecule has 0 fully saturated rings. The lowest BCUT2D eigenvalue weighted by molar-refractivity contribution is -0.147. The van der Waals surface area contributed by atoms with E-state index in [1.54, 1.807) is 17.9 Å². The van der Waals surface area contributed by atoms with E-state index in [0.717, 1.165) is 36.0 Å². The van der Waals surface area contributed by atoms with E-state index in [4.69, 9.17) is 10.8 Å². The molecule has 0 saturated heterocycles. The second-order valence-electron chi connectivity index (χ2n) is 12.3. The Labute approximate surface area is 241 Å². The highest BCUT2D eigenvalue weighted by Crippen LogP contribution is 2.32. The van der Waals surface area contributed by atoms with E-state index >= 15 is 0 Å². The molecule has 6 N–H and O–H groups in total. The van der Waals surface area contributed by atoms with Crippen LogP contribution >= 0.6 is 0 Å². The first-order chi connectivity index (χ1) is 19.3. The average molecular weight is 564 g/mol. The van der Waals surface area contributed by atoms with Crippen molar-refractivity contribution in [3.8, 4) is 0 Å². The number of benzene rings is 2. The second-order valence-corrected chi connectivity index (χ2v) is 12.3. The molecule has 0 unspecified atom stereocenters. The van der Waals surface area contributed by atoms with Crippen molar-refractivity contribution < 1.29 is 24.3 Å². The molecule has 10 heteroatoms. The van der Waals surface area contributed by atoms with Gasteiger partial charge in [-0.3, -0.25) is 14.4 Å². The molecule has 10 nitrogen and oxygen atoms in total. The van der Waals surface area contributed by atoms with Crippen LogP contribution in [0, 0.1) is 11.3 Å². The average Bonchev–Trinajstić information content (AvgIpc) is 2.92. The molecule has 1 aliphatic carbocycles. The monoisotopic (exact) mass is 563 g/mol. The predicted octanol–water partition coefficient (Wildman–Crippen LogP) is 3.15. The number of anilines is 1. The highest BCUT2D eigenvalue weighted by atomic mass is 16.4. The number of hydrogen-bond acceptors (Lipinski definition) is 5. The zero-order valence-corrected chi connectivity index (χ0v) is 24.2. The zero-order valence-electron chi connectivity index (χ0n) is 24.2. The molecule has 2 aliphatic rings. The largest absolute Gasteiger partial charge is 0.465 e. The Morgan fingerprint density at radius 2 is 1.80 bits per heavy atom. The lowest BCUT2D eigenvalue weighted by Crippen LogP contribution is -2.61. The van der Waals surface area contributed by atoms with Crippen LogP contribution < -0.4 is 21.7 Å². The molecule has 0 spiro atoms. The quantitative estimate of drug-likeness (QED) is 0.326. The summed E-state index contributed by atoms with van der Waals surface area (Å²) in [5, 5.41) is 17.2. The number of hydrogen-bond donors (Lipinski definition) is 5. The standard InChI is InChI=1S/C31H41N5O5/c1-18(16-33-30(40)41)27(37)35-26(31(2,3)4)29(39)36-17-21-14-22(32)13-12-20(21)15-25(36)28(38)34-24-11-7-9-19-8-5-6-10-23(19)24/h5-6,8,10,12-14,18,24-26,33H,7,9,11,15-17,32H2,1-4H3,(H,34,38)(H,35,37)(H,40,41)/t18-,24+,25-,26+/m0/s1. The van der Waals surface area contributed by atoms with Crippen LogP contribution in [-0.2, 0) is 33.8 Å². The van der Waals surface area contributed by atoms with Gasteiger partial charge in [0.05, 0.1) is 12.0 Å². The molecule has 4 rings (SSSR count). The Hall–Kier alpha value is -4.08. The summed E-state index contributed by atoms with van der Waals surface area (Å²) in [6, 6.07) is 11.8. The van der Waals surface area contributed by atoms with Crippen molar-refractivity contribution in [2.45, 2.75) is 78.0 Å². The number of amides is 4. The summed E-state index contributed by atoms with van der Waals surface area (Å²) in [4.78, 5) is 53.7. The lowest BCUT2D eigenvalue weighted by atomic mass is 9.83. The SMILES string of the molecule is C[C@@H](CNC(=O)O)C(=O)N[C@H](C(=O)N1Cc2cc(N)ccc2C[C@H]1C(=O)N[C@@H]1CCCc2ccccc21)C(C)(C)C. The maximum atomic E-state index is 14.3. The number of nitrogen functional groups attached to an aromatic ring is 1. The molecule has 1 aliphatic heterocycles. The highest BCUT2D eigenvalue weighted by Gasteiger charge is 2.43. The van der Waals surface area contributed by atoms with E-state index in [0.29, 0.717) is 12.1 Å². The third kappa shape index (κ3) is 6.99. The molecule has 2 aromatic rings. The van der Waals surface area contributed by atoms with Gasteiger partial charge in [0.1, 0.15) is 12.1 Å². The summed E-state index contributed by atoms with van der Waals surface area (Å²) in [5.74, 6) is -1.76. The zero-order chi connectivity index (χ0) is 29.9. The van der Waals surface area contributed by atoms with E-state index in [1.165, 1.54) is 5.56 Å². The second kappa shape index (κ2) is 12.2. The molecule has 220 valence electrons. The topological polar surface area (TPSA) is 154 Å². The van der Waals surface area contributed by atoms with E-state index < -0.39 is 35.4 Å². The highest BCUT2D eigenvalue weighted by molar-refractivity contribution is 5.93. The summed E-state index contributed by atoms with van der Waals surface area (Å²) in [5.41, 5.74) is 10.1. The Morgan fingerprint density at radius 1 is 1.07 bits per heavy atom. The molecule has 0 radical (unpaired) electrons. The Morgan fingerprint density at radius 3 is 2.51 bits per heavy atom. The van der Waals surface area contributed by atoms with Gasteiger partial charge in [-0.05, 0) is 59.1 Å². The Balaban J connectivity index is 1.62. The predicted molar refractivity (Wildman–Crippen MR) is 156 cm³/mol. The minimum Gasteiger partial charge on any atom is -0.465 e. The van der Waals surface area contributed by atoms with Gasteiger partial charge in [-0.25, -0.2) is 4.79 Å². The summed E-state index contributed by atoms with van der Waals surface area (Å²) in [7, 11) is 0. The van der Waals surface area contributed by atoms with Crippen LogP contribution in [0.15, 0.2) is 42.5 Å². The molecular formula is C31H41N5O5. The number of nitrogens with two attached hydrogens (primary N) is 1. The number of nitrogens with zero attached hydrogens (tertiary/aromatic N) is 1. The molecule has 0 saturated carbocycles. The van der Waals surface area contributed by atoms with Crippen LogP contribution in [0.5, 0.6) is 0 Å². The van der Waals surface area contributed by atoms with Crippen molar-refractivity contribution >= 4 is 29.5 Å². The number of fused-ring (bicyclic) bond motifs is 2. The van der Waals surface area contributed by atoms with Crippen LogP contribution in [0.25, 0.3) is 0 Å². The minimum absolute atomic E-state index is 0.0868. The van der Waals surface area contributed by atoms with E-state index in [9.17, 15) is 19.2 Å². The summed E-state index contributed by atoms with van der Waals surface area (Å²) >= 11 is 0. The maximum absolute atomic E-state index is 14.3. The molecule has 0 bridgehead atoms. The van der Waals surface area contributed by atoms with Crippen molar-refractivity contribution in [1.29, 1.82) is 0 Å². The van der Waals surface area contributed by atoms with Gasteiger partial charge in [-0.1, -0.05) is 58.0 Å². The fourth-order valence-electron chi connectivity index (χ4n) is 5.67. The first kappa shape index (κ1) is 29.9. The summed E-state index contributed by atoms with van der Waals surface area (Å²) < 4.78 is 0. The van der Waals surface area contributed by atoms with Crippen LogP contribution in [0.2, 0.25) is 0 Å². The van der Waals surface area contributed by atoms with Crippen LogP contribution in [0.4, 0.5) is 10.5 Å². The number of carbonyl (C=O) groups is 4. The molecule has 1 heterocycles. The van der Waals surface area contributed by atoms with Gasteiger partial charge in [0, 0.05) is 25.2 Å². The Kier molecular flexibility index (Phi) is 8.89. The van der Waals surface area contributed by atoms with Gasteiger partial charge in [0.15, 0.2) is 0 Å². The van der Waals surface area contributed by atoms with Gasteiger partial charge in [0.2, 0.25) is 17.7 Å². The molecule has 2 aromatic carbocycles. The minimum atomic E-state index is -1.23.